The average molecular weight is 393 g/mol. The van der Waals surface area contributed by atoms with Gasteiger partial charge in [0.2, 0.25) is 0 Å². The van der Waals surface area contributed by atoms with Crippen molar-refractivity contribution in [2.75, 3.05) is 13.1 Å². The van der Waals surface area contributed by atoms with Crippen LogP contribution in [0.4, 0.5) is 0 Å². The van der Waals surface area contributed by atoms with Crippen LogP contribution in [0.1, 0.15) is 39.4 Å². The standard InChI is InChI=1S/C18H18Cl2N4O2/c19-13-1-2-14(20)12(10-13)9-11-3-7-24(8-4-11)18(26)16-15(17(21)25)22-5-6-23-16/h1-2,5-6,10-11H,3-4,7-9H2,(H2,21,25). The second kappa shape index (κ2) is 8.01. The number of primary amides is 1. The fourth-order valence-electron chi connectivity index (χ4n) is 3.18. The molecule has 3 rings (SSSR count). The van der Waals surface area contributed by atoms with Crippen molar-refractivity contribution in [3.63, 3.8) is 0 Å². The Kier molecular flexibility index (Phi) is 5.74. The third kappa shape index (κ3) is 4.14. The zero-order chi connectivity index (χ0) is 18.7. The van der Waals surface area contributed by atoms with Crippen LogP contribution in [0.5, 0.6) is 0 Å². The Balaban J connectivity index is 1.64. The highest BCUT2D eigenvalue weighted by molar-refractivity contribution is 6.33. The van der Waals surface area contributed by atoms with E-state index in [1.165, 1.54) is 12.4 Å². The van der Waals surface area contributed by atoms with Gasteiger partial charge in [-0.15, -0.1) is 0 Å². The first kappa shape index (κ1) is 18.6. The smallest absolute Gasteiger partial charge is 0.274 e. The lowest BCUT2D eigenvalue weighted by molar-refractivity contribution is 0.0679. The van der Waals surface area contributed by atoms with Gasteiger partial charge in [0, 0.05) is 35.5 Å². The second-order valence-electron chi connectivity index (χ2n) is 6.29. The highest BCUT2D eigenvalue weighted by atomic mass is 35.5. The molecule has 1 saturated heterocycles. The molecule has 0 spiro atoms. The molecule has 6 nitrogen and oxygen atoms in total. The zero-order valence-corrected chi connectivity index (χ0v) is 15.5. The lowest BCUT2D eigenvalue weighted by Gasteiger charge is -2.32. The van der Waals surface area contributed by atoms with Crippen LogP contribution in [0.15, 0.2) is 30.6 Å². The highest BCUT2D eigenvalue weighted by Gasteiger charge is 2.28. The molecule has 0 radical (unpaired) electrons. The highest BCUT2D eigenvalue weighted by Crippen LogP contribution is 2.28. The lowest BCUT2D eigenvalue weighted by Crippen LogP contribution is -2.40. The second-order valence-corrected chi connectivity index (χ2v) is 7.14. The first-order valence-corrected chi connectivity index (χ1v) is 9.05. The minimum absolute atomic E-state index is 0.0105. The van der Waals surface area contributed by atoms with E-state index in [1.807, 2.05) is 6.07 Å². The van der Waals surface area contributed by atoms with E-state index in [0.29, 0.717) is 29.1 Å². The molecule has 0 unspecified atom stereocenters. The van der Waals surface area contributed by atoms with Gasteiger partial charge in [-0.25, -0.2) is 9.97 Å². The Morgan fingerprint density at radius 1 is 1.12 bits per heavy atom. The number of rotatable bonds is 4. The van der Waals surface area contributed by atoms with Gasteiger partial charge < -0.3 is 10.6 Å². The molecule has 2 N–H and O–H groups in total. The minimum atomic E-state index is -0.757. The van der Waals surface area contributed by atoms with Gasteiger partial charge in [0.25, 0.3) is 11.8 Å². The Bertz CT molecular complexity index is 836. The van der Waals surface area contributed by atoms with Crippen LogP contribution in [-0.4, -0.2) is 39.8 Å². The van der Waals surface area contributed by atoms with E-state index >= 15 is 0 Å². The first-order chi connectivity index (χ1) is 12.5. The van der Waals surface area contributed by atoms with Gasteiger partial charge >= 0.3 is 0 Å². The van der Waals surface area contributed by atoms with E-state index in [-0.39, 0.29) is 17.3 Å². The molecule has 0 aliphatic carbocycles. The normalized spacial score (nSPS) is 15.1. The van der Waals surface area contributed by atoms with Crippen molar-refractivity contribution < 1.29 is 9.59 Å². The SMILES string of the molecule is NC(=O)c1nccnc1C(=O)N1CCC(Cc2cc(Cl)ccc2Cl)CC1. The average Bonchev–Trinajstić information content (AvgIpc) is 2.65. The van der Waals surface area contributed by atoms with Crippen LogP contribution in [-0.2, 0) is 6.42 Å². The van der Waals surface area contributed by atoms with E-state index in [0.717, 1.165) is 24.8 Å². The Labute approximate surface area is 161 Å². The number of carbonyl (C=O) groups excluding carboxylic acids is 2. The monoisotopic (exact) mass is 392 g/mol. The summed E-state index contributed by atoms with van der Waals surface area (Å²) >= 11 is 12.3. The largest absolute Gasteiger partial charge is 0.364 e. The number of amides is 2. The number of nitrogens with two attached hydrogens (primary N) is 1. The summed E-state index contributed by atoms with van der Waals surface area (Å²) in [5.74, 6) is -0.662. The summed E-state index contributed by atoms with van der Waals surface area (Å²) in [7, 11) is 0. The van der Waals surface area contributed by atoms with Crippen LogP contribution < -0.4 is 5.73 Å². The Morgan fingerprint density at radius 2 is 1.77 bits per heavy atom. The van der Waals surface area contributed by atoms with Gasteiger partial charge in [-0.05, 0) is 48.9 Å². The van der Waals surface area contributed by atoms with Gasteiger partial charge in [0.1, 0.15) is 0 Å². The first-order valence-electron chi connectivity index (χ1n) is 8.29. The predicted molar refractivity (Wildman–Crippen MR) is 99.3 cm³/mol. The van der Waals surface area contributed by atoms with Crippen LogP contribution in [0, 0.1) is 5.92 Å². The summed E-state index contributed by atoms with van der Waals surface area (Å²) in [5, 5.41) is 1.37. The zero-order valence-electron chi connectivity index (χ0n) is 14.0. The Hall–Kier alpha value is -2.18. The van der Waals surface area contributed by atoms with Crippen LogP contribution in [0.25, 0.3) is 0 Å². The molecule has 1 aromatic carbocycles. The quantitative estimate of drug-likeness (QED) is 0.865. The van der Waals surface area contributed by atoms with Crippen molar-refractivity contribution in [1.82, 2.24) is 14.9 Å². The third-order valence-electron chi connectivity index (χ3n) is 4.55. The molecule has 26 heavy (non-hydrogen) atoms. The van der Waals surface area contributed by atoms with E-state index in [9.17, 15) is 9.59 Å². The van der Waals surface area contributed by atoms with Crippen molar-refractivity contribution in [1.29, 1.82) is 0 Å². The molecule has 1 aliphatic heterocycles. The number of benzene rings is 1. The number of nitrogens with zero attached hydrogens (tertiary/aromatic N) is 3. The third-order valence-corrected chi connectivity index (χ3v) is 5.16. The van der Waals surface area contributed by atoms with E-state index in [4.69, 9.17) is 28.9 Å². The lowest BCUT2D eigenvalue weighted by atomic mass is 9.90. The maximum atomic E-state index is 12.7. The molecule has 1 fully saturated rings. The van der Waals surface area contributed by atoms with E-state index < -0.39 is 5.91 Å². The van der Waals surface area contributed by atoms with Crippen LogP contribution >= 0.6 is 23.2 Å². The van der Waals surface area contributed by atoms with Crippen molar-refractivity contribution in [2.24, 2.45) is 11.7 Å². The number of hydrogen-bond donors (Lipinski definition) is 1. The molecule has 0 atom stereocenters. The predicted octanol–water partition coefficient (Wildman–Crippen LogP) is 2.98. The molecule has 2 heterocycles. The number of aromatic nitrogens is 2. The van der Waals surface area contributed by atoms with Crippen molar-refractivity contribution in [3.8, 4) is 0 Å². The molecule has 1 aliphatic rings. The molecule has 2 amide bonds. The minimum Gasteiger partial charge on any atom is -0.364 e. The van der Waals surface area contributed by atoms with Gasteiger partial charge in [-0.3, -0.25) is 9.59 Å². The van der Waals surface area contributed by atoms with Crippen molar-refractivity contribution in [3.05, 3.63) is 57.6 Å². The van der Waals surface area contributed by atoms with Crippen molar-refractivity contribution >= 4 is 35.0 Å². The summed E-state index contributed by atoms with van der Waals surface area (Å²) in [6.45, 7) is 1.16. The fourth-order valence-corrected chi connectivity index (χ4v) is 3.56. The van der Waals surface area contributed by atoms with Crippen LogP contribution in [0.3, 0.4) is 0 Å². The number of halogens is 2. The van der Waals surface area contributed by atoms with E-state index in [1.54, 1.807) is 17.0 Å². The maximum Gasteiger partial charge on any atom is 0.274 e. The summed E-state index contributed by atoms with van der Waals surface area (Å²) in [4.78, 5) is 33.7. The molecular weight excluding hydrogens is 375 g/mol. The molecular formula is C18H18Cl2N4O2. The van der Waals surface area contributed by atoms with Crippen molar-refractivity contribution in [2.45, 2.75) is 19.3 Å². The van der Waals surface area contributed by atoms with E-state index in [2.05, 4.69) is 9.97 Å². The fraction of sp³-hybridized carbons (Fsp3) is 0.333. The number of piperidine rings is 1. The van der Waals surface area contributed by atoms with Gasteiger partial charge in [0.05, 0.1) is 0 Å². The summed E-state index contributed by atoms with van der Waals surface area (Å²) in [6, 6.07) is 5.46. The van der Waals surface area contributed by atoms with Gasteiger partial charge in [-0.2, -0.15) is 0 Å². The number of likely N-dealkylation sites (tertiary alicyclic amines) is 1. The number of carbonyl (C=O) groups is 2. The molecule has 8 heteroatoms. The van der Waals surface area contributed by atoms with Gasteiger partial charge in [0.15, 0.2) is 11.4 Å². The topological polar surface area (TPSA) is 89.2 Å². The molecule has 2 aromatic rings. The molecule has 1 aromatic heterocycles. The summed E-state index contributed by atoms with van der Waals surface area (Å²) in [6.07, 6.45) is 5.21. The molecule has 0 bridgehead atoms. The Morgan fingerprint density at radius 3 is 2.42 bits per heavy atom. The molecule has 136 valence electrons. The number of hydrogen-bond acceptors (Lipinski definition) is 4. The van der Waals surface area contributed by atoms with Gasteiger partial charge in [-0.1, -0.05) is 23.2 Å². The summed E-state index contributed by atoms with van der Waals surface area (Å²) in [5.41, 5.74) is 6.22. The maximum absolute atomic E-state index is 12.7. The molecule has 0 saturated carbocycles. The van der Waals surface area contributed by atoms with Crippen LogP contribution in [0.2, 0.25) is 10.0 Å². The summed E-state index contributed by atoms with van der Waals surface area (Å²) < 4.78 is 0.